The molecule has 0 aromatic heterocycles. The summed E-state index contributed by atoms with van der Waals surface area (Å²) in [5, 5.41) is 6.88. The van der Waals surface area contributed by atoms with Gasteiger partial charge in [-0.15, -0.1) is 0 Å². The minimum Gasteiger partial charge on any atom is -0.490 e. The Morgan fingerprint density at radius 3 is 2.48 bits per heavy atom. The molecule has 0 aliphatic heterocycles. The fourth-order valence-corrected chi connectivity index (χ4v) is 2.49. The van der Waals surface area contributed by atoms with Gasteiger partial charge in [-0.25, -0.2) is 0 Å². The lowest BCUT2D eigenvalue weighted by Crippen LogP contribution is -2.40. The van der Waals surface area contributed by atoms with Crippen LogP contribution in [0, 0.1) is 5.92 Å². The van der Waals surface area contributed by atoms with Gasteiger partial charge in [-0.1, -0.05) is 13.0 Å². The van der Waals surface area contributed by atoms with Crippen molar-refractivity contribution in [1.82, 2.24) is 10.6 Å². The minimum absolute atomic E-state index is 0.130. The third-order valence-electron chi connectivity index (χ3n) is 4.08. The Kier molecular flexibility index (Phi) is 6.13. The van der Waals surface area contributed by atoms with Crippen LogP contribution < -0.4 is 20.1 Å². The molecule has 1 fully saturated rings. The molecular formula is C18H29N3O2. The van der Waals surface area contributed by atoms with Gasteiger partial charge in [-0.2, -0.15) is 0 Å². The lowest BCUT2D eigenvalue weighted by Gasteiger charge is -2.20. The second-order valence-corrected chi connectivity index (χ2v) is 5.97. The monoisotopic (exact) mass is 319 g/mol. The number of hydrogen-bond acceptors (Lipinski definition) is 3. The van der Waals surface area contributed by atoms with Crippen molar-refractivity contribution in [1.29, 1.82) is 0 Å². The molecule has 5 heteroatoms. The quantitative estimate of drug-likeness (QED) is 0.599. The minimum atomic E-state index is 0.130. The molecule has 3 atom stereocenters. The zero-order valence-electron chi connectivity index (χ0n) is 14.8. The smallest absolute Gasteiger partial charge is 0.191 e. The van der Waals surface area contributed by atoms with Crippen LogP contribution in [0.2, 0.25) is 0 Å². The summed E-state index contributed by atoms with van der Waals surface area (Å²) in [7, 11) is 1.80. The third-order valence-corrected chi connectivity index (χ3v) is 4.08. The molecule has 1 aromatic carbocycles. The van der Waals surface area contributed by atoms with E-state index in [4.69, 9.17) is 9.47 Å². The zero-order valence-corrected chi connectivity index (χ0v) is 14.8. The summed E-state index contributed by atoms with van der Waals surface area (Å²) in [4.78, 5) is 4.31. The predicted octanol–water partition coefficient (Wildman–Crippen LogP) is 3.12. The number of rotatable bonds is 7. The molecule has 128 valence electrons. The van der Waals surface area contributed by atoms with E-state index in [1.165, 1.54) is 6.42 Å². The number of guanidine groups is 1. The van der Waals surface area contributed by atoms with E-state index in [0.717, 1.165) is 28.9 Å². The first kappa shape index (κ1) is 17.4. The molecule has 3 unspecified atom stereocenters. The van der Waals surface area contributed by atoms with Crippen LogP contribution in [0.25, 0.3) is 0 Å². The molecule has 0 saturated heterocycles. The largest absolute Gasteiger partial charge is 0.490 e. The van der Waals surface area contributed by atoms with Gasteiger partial charge in [0.1, 0.15) is 0 Å². The Bertz CT molecular complexity index is 545. The summed E-state index contributed by atoms with van der Waals surface area (Å²) < 4.78 is 11.3. The molecule has 2 N–H and O–H groups in total. The molecule has 1 aromatic rings. The first-order valence-corrected chi connectivity index (χ1v) is 8.48. The third kappa shape index (κ3) is 4.78. The van der Waals surface area contributed by atoms with Gasteiger partial charge >= 0.3 is 0 Å². The summed E-state index contributed by atoms with van der Waals surface area (Å²) in [5.41, 5.74) is 1.14. The fraction of sp³-hybridized carbons (Fsp3) is 0.611. The molecule has 0 spiro atoms. The van der Waals surface area contributed by atoms with Gasteiger partial charge < -0.3 is 20.1 Å². The van der Waals surface area contributed by atoms with Crippen molar-refractivity contribution in [3.05, 3.63) is 23.8 Å². The van der Waals surface area contributed by atoms with Gasteiger partial charge in [-0.05, 0) is 50.8 Å². The van der Waals surface area contributed by atoms with Crippen LogP contribution in [0.5, 0.6) is 11.5 Å². The van der Waals surface area contributed by atoms with E-state index in [-0.39, 0.29) is 6.04 Å². The lowest BCUT2D eigenvalue weighted by molar-refractivity contribution is 0.287. The van der Waals surface area contributed by atoms with Crippen LogP contribution in [0.3, 0.4) is 0 Å². The first-order valence-electron chi connectivity index (χ1n) is 8.48. The number of nitrogens with zero attached hydrogens (tertiary/aromatic N) is 1. The highest BCUT2D eigenvalue weighted by atomic mass is 16.5. The van der Waals surface area contributed by atoms with E-state index in [1.807, 2.05) is 26.0 Å². The van der Waals surface area contributed by atoms with Crippen molar-refractivity contribution in [2.75, 3.05) is 20.3 Å². The van der Waals surface area contributed by atoms with Crippen LogP contribution in [-0.4, -0.2) is 32.3 Å². The Hall–Kier alpha value is -1.91. The standard InChI is InChI=1S/C18H29N3O2/c1-6-22-16-9-8-14(11-17(16)23-7-2)13(4)20-18(19-5)21-15-10-12(15)3/h8-9,11-13,15H,6-7,10H2,1-5H3,(H2,19,20,21). The maximum absolute atomic E-state index is 5.70. The molecule has 2 rings (SSSR count). The molecule has 0 radical (unpaired) electrons. The first-order chi connectivity index (χ1) is 11.1. The zero-order chi connectivity index (χ0) is 16.8. The van der Waals surface area contributed by atoms with E-state index in [9.17, 15) is 0 Å². The maximum atomic E-state index is 5.70. The van der Waals surface area contributed by atoms with Gasteiger partial charge in [0.25, 0.3) is 0 Å². The van der Waals surface area contributed by atoms with E-state index < -0.39 is 0 Å². The number of hydrogen-bond donors (Lipinski definition) is 2. The van der Waals surface area contributed by atoms with Crippen molar-refractivity contribution < 1.29 is 9.47 Å². The summed E-state index contributed by atoms with van der Waals surface area (Å²) in [5.74, 6) is 3.16. The average Bonchev–Trinajstić information content (AvgIpc) is 3.23. The highest BCUT2D eigenvalue weighted by Crippen LogP contribution is 2.31. The Morgan fingerprint density at radius 1 is 1.26 bits per heavy atom. The van der Waals surface area contributed by atoms with Crippen molar-refractivity contribution >= 4 is 5.96 Å². The predicted molar refractivity (Wildman–Crippen MR) is 94.4 cm³/mol. The number of ether oxygens (including phenoxy) is 2. The van der Waals surface area contributed by atoms with Gasteiger partial charge in [0.05, 0.1) is 19.3 Å². The Balaban J connectivity index is 2.05. The molecule has 1 saturated carbocycles. The van der Waals surface area contributed by atoms with Crippen LogP contribution in [0.4, 0.5) is 0 Å². The maximum Gasteiger partial charge on any atom is 0.191 e. The number of nitrogens with one attached hydrogen (secondary N) is 2. The fourth-order valence-electron chi connectivity index (χ4n) is 2.49. The van der Waals surface area contributed by atoms with E-state index in [0.29, 0.717) is 19.3 Å². The summed E-state index contributed by atoms with van der Waals surface area (Å²) >= 11 is 0. The number of benzene rings is 1. The highest BCUT2D eigenvalue weighted by Gasteiger charge is 2.33. The molecule has 0 heterocycles. The SMILES string of the molecule is CCOc1ccc(C(C)NC(=NC)NC2CC2C)cc1OCC. The van der Waals surface area contributed by atoms with Crippen LogP contribution >= 0.6 is 0 Å². The van der Waals surface area contributed by atoms with Gasteiger partial charge in [0.15, 0.2) is 17.5 Å². The Morgan fingerprint density at radius 2 is 1.91 bits per heavy atom. The van der Waals surface area contributed by atoms with Crippen molar-refractivity contribution in [2.24, 2.45) is 10.9 Å². The molecule has 23 heavy (non-hydrogen) atoms. The van der Waals surface area contributed by atoms with E-state index in [1.54, 1.807) is 7.05 Å². The van der Waals surface area contributed by atoms with E-state index >= 15 is 0 Å². The molecule has 1 aliphatic carbocycles. The molecule has 0 amide bonds. The van der Waals surface area contributed by atoms with Crippen LogP contribution in [-0.2, 0) is 0 Å². The molecule has 1 aliphatic rings. The normalized spacial score (nSPS) is 21.5. The average molecular weight is 319 g/mol. The van der Waals surface area contributed by atoms with Crippen LogP contribution in [0.15, 0.2) is 23.2 Å². The lowest BCUT2D eigenvalue weighted by atomic mass is 10.1. The molecule has 0 bridgehead atoms. The van der Waals surface area contributed by atoms with Crippen molar-refractivity contribution in [3.63, 3.8) is 0 Å². The topological polar surface area (TPSA) is 54.9 Å². The second-order valence-electron chi connectivity index (χ2n) is 5.97. The Labute approximate surface area is 139 Å². The summed E-state index contributed by atoms with van der Waals surface area (Å²) in [6.07, 6.45) is 1.21. The van der Waals surface area contributed by atoms with E-state index in [2.05, 4.69) is 35.5 Å². The second kappa shape index (κ2) is 8.09. The molecule has 5 nitrogen and oxygen atoms in total. The number of aliphatic imine (C=N–C) groups is 1. The van der Waals surface area contributed by atoms with Gasteiger partial charge in [0, 0.05) is 13.1 Å². The molecular weight excluding hydrogens is 290 g/mol. The van der Waals surface area contributed by atoms with Crippen molar-refractivity contribution in [3.8, 4) is 11.5 Å². The summed E-state index contributed by atoms with van der Waals surface area (Å²) in [6.45, 7) is 9.57. The van der Waals surface area contributed by atoms with Crippen molar-refractivity contribution in [2.45, 2.75) is 46.2 Å². The van der Waals surface area contributed by atoms with Gasteiger partial charge in [0.2, 0.25) is 0 Å². The highest BCUT2D eigenvalue weighted by molar-refractivity contribution is 5.80. The van der Waals surface area contributed by atoms with Gasteiger partial charge in [-0.3, -0.25) is 4.99 Å². The summed E-state index contributed by atoms with van der Waals surface area (Å²) in [6, 6.07) is 6.76. The van der Waals surface area contributed by atoms with Crippen LogP contribution in [0.1, 0.15) is 45.7 Å².